The van der Waals surface area contributed by atoms with Crippen LogP contribution in [-0.4, -0.2) is 28.7 Å². The highest BCUT2D eigenvalue weighted by Gasteiger charge is 2.19. The maximum Gasteiger partial charge on any atom is 0.336 e. The summed E-state index contributed by atoms with van der Waals surface area (Å²) in [6, 6.07) is 18.6. The molecule has 0 aliphatic heterocycles. The van der Waals surface area contributed by atoms with Gasteiger partial charge in [-0.15, -0.1) is 11.3 Å². The molecule has 0 aliphatic carbocycles. The van der Waals surface area contributed by atoms with Crippen molar-refractivity contribution in [1.82, 2.24) is 14.5 Å². The molecule has 0 spiro atoms. The molecule has 2 aromatic carbocycles. The van der Waals surface area contributed by atoms with E-state index in [2.05, 4.69) is 17.4 Å². The molecule has 1 N–H and O–H groups in total. The highest BCUT2D eigenvalue weighted by molar-refractivity contribution is 7.17. The Bertz CT molecular complexity index is 1360. The highest BCUT2D eigenvalue weighted by Crippen LogP contribution is 2.21. The van der Waals surface area contributed by atoms with E-state index in [4.69, 9.17) is 4.74 Å². The number of nitrogens with one attached hydrogen (secondary N) is 1. The normalized spacial score (nSPS) is 10.9. The molecule has 0 atom stereocenters. The van der Waals surface area contributed by atoms with Gasteiger partial charge in [-0.05, 0) is 42.0 Å². The molecule has 7 nitrogen and oxygen atoms in total. The third-order valence-electron chi connectivity index (χ3n) is 5.19. The van der Waals surface area contributed by atoms with Gasteiger partial charge in [0.2, 0.25) is 5.91 Å². The summed E-state index contributed by atoms with van der Waals surface area (Å²) >= 11 is 1.24. The van der Waals surface area contributed by atoms with Crippen LogP contribution in [0.4, 0.5) is 0 Å². The molecule has 4 rings (SSSR count). The molecule has 1 amide bonds. The molecule has 32 heavy (non-hydrogen) atoms. The molecule has 0 aliphatic rings. The number of aryl methyl sites for hydroxylation is 1. The fourth-order valence-corrected chi connectivity index (χ4v) is 4.46. The average molecular weight is 450 g/mol. The van der Waals surface area contributed by atoms with E-state index in [9.17, 15) is 14.4 Å². The van der Waals surface area contributed by atoms with Gasteiger partial charge in [0, 0.05) is 6.54 Å². The molecule has 0 fully saturated rings. The second-order valence-corrected chi connectivity index (χ2v) is 8.17. The van der Waals surface area contributed by atoms with Crippen LogP contribution in [0.1, 0.15) is 12.0 Å². The van der Waals surface area contributed by atoms with E-state index in [1.165, 1.54) is 28.6 Å². The number of fused-ring (bicyclic) bond motifs is 1. The van der Waals surface area contributed by atoms with Crippen LogP contribution in [-0.2, 0) is 17.8 Å². The monoisotopic (exact) mass is 449 g/mol. The van der Waals surface area contributed by atoms with Crippen molar-refractivity contribution in [3.63, 3.8) is 0 Å². The number of benzene rings is 2. The lowest BCUT2D eigenvalue weighted by Gasteiger charge is -2.14. The predicted molar refractivity (Wildman–Crippen MR) is 126 cm³/mol. The molecule has 8 heteroatoms. The van der Waals surface area contributed by atoms with Gasteiger partial charge in [0.1, 0.15) is 17.0 Å². The molecule has 0 saturated carbocycles. The number of rotatable bonds is 8. The van der Waals surface area contributed by atoms with E-state index in [-0.39, 0.29) is 12.5 Å². The molecular weight excluding hydrogens is 426 g/mol. The SMILES string of the molecule is COc1ccccc1-n1c(=O)c2sccc2n(CC(=O)NCCCc2ccccc2)c1=O. The quantitative estimate of drug-likeness (QED) is 0.419. The van der Waals surface area contributed by atoms with Crippen LogP contribution in [0.2, 0.25) is 0 Å². The summed E-state index contributed by atoms with van der Waals surface area (Å²) < 4.78 is 8.16. The number of thiophene rings is 1. The number of methoxy groups -OCH3 is 1. The van der Waals surface area contributed by atoms with Crippen LogP contribution in [0.3, 0.4) is 0 Å². The van der Waals surface area contributed by atoms with E-state index in [0.29, 0.717) is 28.2 Å². The van der Waals surface area contributed by atoms with Gasteiger partial charge in [-0.25, -0.2) is 9.36 Å². The van der Waals surface area contributed by atoms with Crippen molar-refractivity contribution in [2.75, 3.05) is 13.7 Å². The zero-order valence-electron chi connectivity index (χ0n) is 17.6. The Balaban J connectivity index is 1.59. The minimum absolute atomic E-state index is 0.174. The van der Waals surface area contributed by atoms with Gasteiger partial charge in [0.05, 0.1) is 18.3 Å². The number of carbonyl (C=O) groups is 1. The summed E-state index contributed by atoms with van der Waals surface area (Å²) in [6.45, 7) is 0.328. The number of amides is 1. The number of ether oxygens (including phenoxy) is 1. The van der Waals surface area contributed by atoms with Crippen LogP contribution >= 0.6 is 11.3 Å². The van der Waals surface area contributed by atoms with Gasteiger partial charge in [-0.1, -0.05) is 42.5 Å². The largest absolute Gasteiger partial charge is 0.495 e. The number of para-hydroxylation sites is 2. The van der Waals surface area contributed by atoms with Crippen LogP contribution in [0, 0.1) is 0 Å². The number of hydrogen-bond donors (Lipinski definition) is 1. The Morgan fingerprint density at radius 2 is 1.78 bits per heavy atom. The lowest BCUT2D eigenvalue weighted by atomic mass is 10.1. The number of hydrogen-bond acceptors (Lipinski definition) is 5. The van der Waals surface area contributed by atoms with Crippen molar-refractivity contribution in [2.45, 2.75) is 19.4 Å². The van der Waals surface area contributed by atoms with Crippen LogP contribution in [0.15, 0.2) is 75.6 Å². The smallest absolute Gasteiger partial charge is 0.336 e. The van der Waals surface area contributed by atoms with E-state index >= 15 is 0 Å². The zero-order chi connectivity index (χ0) is 22.5. The first-order valence-electron chi connectivity index (χ1n) is 10.3. The first-order chi connectivity index (χ1) is 15.6. The molecule has 0 radical (unpaired) electrons. The average Bonchev–Trinajstić information content (AvgIpc) is 3.31. The molecule has 164 valence electrons. The summed E-state index contributed by atoms with van der Waals surface area (Å²) in [5.74, 6) is 0.123. The molecule has 2 heterocycles. The molecule has 2 aromatic heterocycles. The first-order valence-corrected chi connectivity index (χ1v) is 11.1. The molecule has 0 saturated heterocycles. The fourth-order valence-electron chi connectivity index (χ4n) is 3.63. The van der Waals surface area contributed by atoms with Crippen LogP contribution in [0.5, 0.6) is 5.75 Å². The summed E-state index contributed by atoms with van der Waals surface area (Å²) in [5.41, 5.74) is 1.00. The summed E-state index contributed by atoms with van der Waals surface area (Å²) in [7, 11) is 1.48. The lowest BCUT2D eigenvalue weighted by Crippen LogP contribution is -2.41. The van der Waals surface area contributed by atoms with Crippen molar-refractivity contribution in [1.29, 1.82) is 0 Å². The van der Waals surface area contributed by atoms with E-state index in [0.717, 1.165) is 17.4 Å². The van der Waals surface area contributed by atoms with Crippen molar-refractivity contribution >= 4 is 27.5 Å². The van der Waals surface area contributed by atoms with Gasteiger partial charge in [0.25, 0.3) is 5.56 Å². The summed E-state index contributed by atoms with van der Waals surface area (Å²) in [6.07, 6.45) is 1.65. The van der Waals surface area contributed by atoms with Crippen LogP contribution in [0.25, 0.3) is 15.9 Å². The standard InChI is InChI=1S/C24H23N3O4S/c1-31-20-12-6-5-11-18(20)27-23(29)22-19(13-15-32-22)26(24(27)30)16-21(28)25-14-7-10-17-8-3-2-4-9-17/h2-6,8-9,11-13,15H,7,10,14,16H2,1H3,(H,25,28). The fraction of sp³-hybridized carbons (Fsp3) is 0.208. The minimum atomic E-state index is -0.579. The first kappa shape index (κ1) is 21.6. The molecule has 4 aromatic rings. The Kier molecular flexibility index (Phi) is 6.51. The zero-order valence-corrected chi connectivity index (χ0v) is 18.4. The topological polar surface area (TPSA) is 82.3 Å². The number of aromatic nitrogens is 2. The Morgan fingerprint density at radius 3 is 2.56 bits per heavy atom. The van der Waals surface area contributed by atoms with Gasteiger partial charge in [-0.2, -0.15) is 0 Å². The maximum atomic E-state index is 13.3. The Hall–Kier alpha value is -3.65. The third kappa shape index (κ3) is 4.36. The van der Waals surface area contributed by atoms with Crippen molar-refractivity contribution in [2.24, 2.45) is 0 Å². The summed E-state index contributed by atoms with van der Waals surface area (Å²) in [4.78, 5) is 39.0. The molecule has 0 unspecified atom stereocenters. The molecular formula is C24H23N3O4S. The number of carbonyl (C=O) groups excluding carboxylic acids is 1. The van der Waals surface area contributed by atoms with E-state index < -0.39 is 11.2 Å². The predicted octanol–water partition coefficient (Wildman–Crippen LogP) is 2.97. The third-order valence-corrected chi connectivity index (χ3v) is 6.08. The van der Waals surface area contributed by atoms with E-state index in [1.54, 1.807) is 35.7 Å². The Labute approximate surface area is 188 Å². The van der Waals surface area contributed by atoms with Gasteiger partial charge >= 0.3 is 5.69 Å². The maximum absolute atomic E-state index is 13.3. The van der Waals surface area contributed by atoms with Gasteiger partial charge in [0.15, 0.2) is 0 Å². The second-order valence-electron chi connectivity index (χ2n) is 7.26. The van der Waals surface area contributed by atoms with Gasteiger partial charge < -0.3 is 10.1 Å². The Morgan fingerprint density at radius 1 is 1.03 bits per heavy atom. The number of nitrogens with zero attached hydrogens (tertiary/aromatic N) is 2. The van der Waals surface area contributed by atoms with Crippen molar-refractivity contribution in [3.05, 3.63) is 92.4 Å². The molecule has 0 bridgehead atoms. The lowest BCUT2D eigenvalue weighted by molar-refractivity contribution is -0.121. The minimum Gasteiger partial charge on any atom is -0.495 e. The second kappa shape index (κ2) is 9.65. The van der Waals surface area contributed by atoms with Crippen molar-refractivity contribution in [3.8, 4) is 11.4 Å². The van der Waals surface area contributed by atoms with E-state index in [1.807, 2.05) is 18.2 Å². The van der Waals surface area contributed by atoms with Crippen molar-refractivity contribution < 1.29 is 9.53 Å². The highest BCUT2D eigenvalue weighted by atomic mass is 32.1. The summed E-state index contributed by atoms with van der Waals surface area (Å²) in [5, 5.41) is 4.62. The van der Waals surface area contributed by atoms with Gasteiger partial charge in [-0.3, -0.25) is 14.2 Å². The van der Waals surface area contributed by atoms with Crippen LogP contribution < -0.4 is 21.3 Å².